The van der Waals surface area contributed by atoms with E-state index in [1.807, 2.05) is 43.0 Å². The maximum Gasteiger partial charge on any atom is 0.426 e. The highest BCUT2D eigenvalue weighted by Gasteiger charge is 2.38. The Labute approximate surface area is 416 Å². The first-order chi connectivity index (χ1) is 34.1. The van der Waals surface area contributed by atoms with Gasteiger partial charge in [-0.25, -0.2) is 0 Å². The number of anilines is 2. The molecule has 6 aromatic rings. The van der Waals surface area contributed by atoms with E-state index < -0.39 is 22.1 Å². The Morgan fingerprint density at radius 3 is 1.56 bits per heavy atom. The molecule has 4 aromatic carbocycles. The van der Waals surface area contributed by atoms with Crippen molar-refractivity contribution in [2.24, 2.45) is 0 Å². The number of amides is 2. The van der Waals surface area contributed by atoms with E-state index in [0.29, 0.717) is 94.3 Å². The Bertz CT molecular complexity index is 2760. The van der Waals surface area contributed by atoms with Gasteiger partial charge in [0.05, 0.1) is 26.1 Å². The van der Waals surface area contributed by atoms with Gasteiger partial charge in [0.15, 0.2) is 0 Å². The predicted molar refractivity (Wildman–Crippen MR) is 265 cm³/mol. The van der Waals surface area contributed by atoms with Gasteiger partial charge < -0.3 is 29.3 Å². The third-order valence-corrected chi connectivity index (χ3v) is 14.1. The van der Waals surface area contributed by atoms with Gasteiger partial charge in [-0.1, -0.05) is 74.5 Å². The third-order valence-electron chi connectivity index (χ3n) is 11.8. The van der Waals surface area contributed by atoms with E-state index >= 15 is 0 Å². The van der Waals surface area contributed by atoms with Crippen LogP contribution in [0, 0.1) is 0 Å². The molecule has 8 rings (SSSR count). The number of fused-ring (bicyclic) bond motifs is 2. The molecule has 376 valence electrons. The number of esters is 1. The Balaban J connectivity index is 0.000000213. The molecule has 18 heteroatoms. The van der Waals surface area contributed by atoms with Gasteiger partial charge in [0.2, 0.25) is 11.8 Å². The van der Waals surface area contributed by atoms with E-state index in [4.69, 9.17) is 14.2 Å². The minimum atomic E-state index is -4.45. The minimum Gasteiger partial charge on any atom is -0.488 e. The first-order valence-electron chi connectivity index (χ1n) is 23.3. The Hall–Kier alpha value is -6.21. The van der Waals surface area contributed by atoms with Gasteiger partial charge in [-0.15, -0.1) is 22.7 Å². The number of hydrogen-bond donors (Lipinski definition) is 1. The van der Waals surface area contributed by atoms with Crippen molar-refractivity contribution >= 4 is 51.8 Å². The number of benzene rings is 4. The van der Waals surface area contributed by atoms with E-state index in [9.17, 15) is 40.7 Å². The molecule has 2 aliphatic rings. The second-order valence-corrected chi connectivity index (χ2v) is 18.9. The van der Waals surface area contributed by atoms with E-state index in [1.165, 1.54) is 6.07 Å². The van der Waals surface area contributed by atoms with Crippen molar-refractivity contribution in [2.75, 3.05) is 62.2 Å². The number of rotatable bonds is 18. The highest BCUT2D eigenvalue weighted by atomic mass is 32.1. The molecular formula is C53H54F6N4O6S2. The van der Waals surface area contributed by atoms with Crippen LogP contribution in [0.4, 0.5) is 37.7 Å². The van der Waals surface area contributed by atoms with Gasteiger partial charge in [-0.3, -0.25) is 19.3 Å². The summed E-state index contributed by atoms with van der Waals surface area (Å²) in [6.07, 6.45) is -7.27. The number of likely N-dealkylation sites (N-methyl/N-ethyl adjacent to an activating group) is 2. The number of carbonyl (C=O) groups excluding carboxylic acids is 3. The van der Waals surface area contributed by atoms with Crippen LogP contribution in [0.2, 0.25) is 0 Å². The zero-order chi connectivity index (χ0) is 50.7. The lowest BCUT2D eigenvalue weighted by atomic mass is 10.1. The average molecular weight is 1020 g/mol. The molecule has 0 saturated heterocycles. The molecule has 0 unspecified atom stereocenters. The summed E-state index contributed by atoms with van der Waals surface area (Å²) >= 11 is 1.40. The lowest BCUT2D eigenvalue weighted by molar-refractivity contribution is -0.143. The summed E-state index contributed by atoms with van der Waals surface area (Å²) in [6.45, 7) is 9.45. The standard InChI is InChI=1S/C29H31F3N2O4S.C24H23F3N2O2S/c1-3-33(14-13-27(36)37-4-2)18-26(35)34-15-12-21-16-22(10-11-25(21)34)38-19-23-17-24(20-8-6-5-7-9-20)28(39-23)29(30,31)32;1-2-28-14-22(30)29-11-10-17-12-18(8-9-21(17)29)31-15-19-13-20(16-6-4-3-5-7-16)23(32-19)24(25,26)27/h5-11,16-17H,3-4,12-15,18-19H2,1-2H3;3-9,12-13,28H,2,10-11,14-15H2,1H3. The summed E-state index contributed by atoms with van der Waals surface area (Å²) in [7, 11) is 0. The molecule has 0 radical (unpaired) electrons. The van der Waals surface area contributed by atoms with Crippen molar-refractivity contribution in [1.29, 1.82) is 0 Å². The van der Waals surface area contributed by atoms with Crippen LogP contribution in [-0.2, 0) is 57.5 Å². The Morgan fingerprint density at radius 1 is 0.648 bits per heavy atom. The van der Waals surface area contributed by atoms with Crippen LogP contribution in [0.1, 0.15) is 57.8 Å². The maximum atomic E-state index is 13.7. The molecule has 2 aliphatic heterocycles. The zero-order valence-corrected chi connectivity index (χ0v) is 41.1. The van der Waals surface area contributed by atoms with Crippen LogP contribution in [0.3, 0.4) is 0 Å². The fraction of sp³-hybridized carbons (Fsp3) is 0.340. The quantitative estimate of drug-likeness (QED) is 0.0671. The van der Waals surface area contributed by atoms with Crippen LogP contribution in [0.25, 0.3) is 22.3 Å². The van der Waals surface area contributed by atoms with Crippen molar-refractivity contribution in [1.82, 2.24) is 10.2 Å². The summed E-state index contributed by atoms with van der Waals surface area (Å²) in [5.41, 5.74) is 4.97. The van der Waals surface area contributed by atoms with Crippen molar-refractivity contribution in [3.05, 3.63) is 140 Å². The number of nitrogens with zero attached hydrogens (tertiary/aromatic N) is 3. The van der Waals surface area contributed by atoms with Gasteiger partial charge in [0.25, 0.3) is 0 Å². The second-order valence-electron chi connectivity index (χ2n) is 16.6. The van der Waals surface area contributed by atoms with Crippen LogP contribution in [0.15, 0.2) is 109 Å². The number of carbonyl (C=O) groups is 3. The van der Waals surface area contributed by atoms with E-state index in [0.717, 1.165) is 35.5 Å². The van der Waals surface area contributed by atoms with Crippen LogP contribution >= 0.6 is 22.7 Å². The number of nitrogens with one attached hydrogen (secondary N) is 1. The minimum absolute atomic E-state index is 0.00787. The summed E-state index contributed by atoms with van der Waals surface area (Å²) < 4.78 is 98.4. The Kier molecular flexibility index (Phi) is 17.6. The summed E-state index contributed by atoms with van der Waals surface area (Å²) in [5.74, 6) is 0.797. The number of ether oxygens (including phenoxy) is 3. The van der Waals surface area contributed by atoms with Crippen molar-refractivity contribution in [2.45, 2.75) is 65.6 Å². The maximum absolute atomic E-state index is 13.7. The Morgan fingerprint density at radius 2 is 1.13 bits per heavy atom. The monoisotopic (exact) mass is 1020 g/mol. The lowest BCUT2D eigenvalue weighted by Gasteiger charge is -2.24. The molecule has 0 atom stereocenters. The van der Waals surface area contributed by atoms with Crippen LogP contribution in [0.5, 0.6) is 11.5 Å². The molecule has 0 aliphatic carbocycles. The van der Waals surface area contributed by atoms with E-state index in [2.05, 4.69) is 5.32 Å². The largest absolute Gasteiger partial charge is 0.488 e. The van der Waals surface area contributed by atoms with Gasteiger partial charge in [0.1, 0.15) is 34.5 Å². The van der Waals surface area contributed by atoms with Crippen molar-refractivity contribution in [3.63, 3.8) is 0 Å². The molecule has 0 saturated carbocycles. The number of hydrogen-bond acceptors (Lipinski definition) is 10. The molecule has 10 nitrogen and oxygen atoms in total. The van der Waals surface area contributed by atoms with Crippen molar-refractivity contribution < 1.29 is 54.9 Å². The molecule has 0 spiro atoms. The van der Waals surface area contributed by atoms with E-state index in [1.54, 1.807) is 95.6 Å². The SMILES string of the molecule is CCNCC(=O)N1CCc2cc(OCc3cc(-c4ccccc4)c(C(F)(F)F)s3)ccc21.CCOC(=O)CCN(CC)CC(=O)N1CCc2cc(OCc3cc(-c4ccccc4)c(C(F)(F)F)s3)ccc21. The molecule has 0 bridgehead atoms. The summed E-state index contributed by atoms with van der Waals surface area (Å²) in [5, 5.41) is 3.04. The molecule has 2 amide bonds. The third kappa shape index (κ3) is 13.6. The van der Waals surface area contributed by atoms with Crippen LogP contribution < -0.4 is 24.6 Å². The van der Waals surface area contributed by atoms with Gasteiger partial charge in [0, 0.05) is 51.9 Å². The molecule has 0 fully saturated rings. The lowest BCUT2D eigenvalue weighted by Crippen LogP contribution is -2.40. The zero-order valence-electron chi connectivity index (χ0n) is 39.5. The first-order valence-corrected chi connectivity index (χ1v) is 24.9. The highest BCUT2D eigenvalue weighted by molar-refractivity contribution is 7.13. The van der Waals surface area contributed by atoms with Gasteiger partial charge in [-0.05, 0) is 104 Å². The number of alkyl halides is 6. The van der Waals surface area contributed by atoms with Crippen LogP contribution in [-0.4, -0.2) is 75.1 Å². The highest BCUT2D eigenvalue weighted by Crippen LogP contribution is 2.45. The summed E-state index contributed by atoms with van der Waals surface area (Å²) in [6, 6.07) is 31.0. The van der Waals surface area contributed by atoms with Crippen molar-refractivity contribution in [3.8, 4) is 33.8 Å². The normalized spacial score (nSPS) is 13.2. The predicted octanol–water partition coefficient (Wildman–Crippen LogP) is 11.7. The fourth-order valence-corrected chi connectivity index (χ4v) is 10.2. The number of thiophene rings is 2. The number of halogens is 6. The smallest absolute Gasteiger partial charge is 0.426 e. The molecule has 1 N–H and O–H groups in total. The molecule has 2 aromatic heterocycles. The van der Waals surface area contributed by atoms with E-state index in [-0.39, 0.29) is 61.6 Å². The molecule has 4 heterocycles. The second kappa shape index (κ2) is 23.8. The molecule has 71 heavy (non-hydrogen) atoms. The van der Waals surface area contributed by atoms with Gasteiger partial charge >= 0.3 is 18.3 Å². The van der Waals surface area contributed by atoms with Gasteiger partial charge in [-0.2, -0.15) is 26.3 Å². The topological polar surface area (TPSA) is 101 Å². The average Bonchev–Trinajstić information content (AvgIpc) is 4.19. The first kappa shape index (κ1) is 52.6. The summed E-state index contributed by atoms with van der Waals surface area (Å²) in [4.78, 5) is 42.1. The molecular weight excluding hydrogens is 967 g/mol. The fourth-order valence-electron chi connectivity index (χ4n) is 8.31.